The van der Waals surface area contributed by atoms with Gasteiger partial charge < -0.3 is 20.4 Å². The maximum absolute atomic E-state index is 12.3. The summed E-state index contributed by atoms with van der Waals surface area (Å²) in [5.41, 5.74) is 2.53. The van der Waals surface area contributed by atoms with Crippen molar-refractivity contribution in [3.05, 3.63) is 36.4 Å². The van der Waals surface area contributed by atoms with Crippen LogP contribution in [0.25, 0.3) is 22.3 Å². The van der Waals surface area contributed by atoms with Gasteiger partial charge in [0, 0.05) is 36.0 Å². The van der Waals surface area contributed by atoms with Crippen LogP contribution in [0.5, 0.6) is 0 Å². The minimum Gasteiger partial charge on any atom is -0.372 e. The lowest BCUT2D eigenvalue weighted by Crippen LogP contribution is -2.42. The highest BCUT2D eigenvalue weighted by molar-refractivity contribution is 5.93. The number of aromatic amines is 1. The predicted octanol–water partition coefficient (Wildman–Crippen LogP) is 2.50. The van der Waals surface area contributed by atoms with Crippen LogP contribution in [-0.4, -0.2) is 58.3 Å². The molecule has 1 atom stereocenters. The summed E-state index contributed by atoms with van der Waals surface area (Å²) in [4.78, 5) is 27.8. The number of methoxy groups -OCH3 is 1. The van der Waals surface area contributed by atoms with Gasteiger partial charge in [-0.3, -0.25) is 9.78 Å². The summed E-state index contributed by atoms with van der Waals surface area (Å²) in [7, 11) is 1.56. The van der Waals surface area contributed by atoms with Crippen molar-refractivity contribution in [3.63, 3.8) is 0 Å². The molecule has 0 saturated heterocycles. The molecule has 0 aliphatic rings. The lowest BCUT2D eigenvalue weighted by atomic mass is 10.1. The van der Waals surface area contributed by atoms with Crippen LogP contribution in [0.2, 0.25) is 0 Å². The van der Waals surface area contributed by atoms with Crippen LogP contribution in [0.1, 0.15) is 12.5 Å². The van der Waals surface area contributed by atoms with E-state index in [0.29, 0.717) is 29.1 Å². The van der Waals surface area contributed by atoms with Gasteiger partial charge in [-0.15, -0.1) is 0 Å². The van der Waals surface area contributed by atoms with E-state index in [1.54, 1.807) is 19.5 Å². The molecule has 0 saturated carbocycles. The van der Waals surface area contributed by atoms with Crippen LogP contribution in [0.3, 0.4) is 0 Å². The van der Waals surface area contributed by atoms with E-state index in [1.807, 2.05) is 11.4 Å². The number of alkyl halides is 3. The number of fused-ring (bicyclic) bond motifs is 1. The number of hydrogen-bond acceptors (Lipinski definition) is 6. The zero-order valence-corrected chi connectivity index (χ0v) is 16.7. The van der Waals surface area contributed by atoms with Crippen molar-refractivity contribution in [1.82, 2.24) is 25.3 Å². The molecular weight excluding hydrogens is 413 g/mol. The summed E-state index contributed by atoms with van der Waals surface area (Å²) in [5, 5.41) is 5.36. The van der Waals surface area contributed by atoms with Gasteiger partial charge in [0.1, 0.15) is 30.7 Å². The molecule has 0 bridgehead atoms. The third kappa shape index (κ3) is 5.93. The number of nitrogens with one attached hydrogen (secondary N) is 3. The summed E-state index contributed by atoms with van der Waals surface area (Å²) < 4.78 is 41.8. The van der Waals surface area contributed by atoms with E-state index in [-0.39, 0.29) is 5.82 Å². The van der Waals surface area contributed by atoms with Crippen molar-refractivity contribution in [3.8, 4) is 23.1 Å². The van der Waals surface area contributed by atoms with Crippen LogP contribution in [-0.2, 0) is 9.53 Å². The molecule has 31 heavy (non-hydrogen) atoms. The van der Waals surface area contributed by atoms with Gasteiger partial charge in [0.25, 0.3) is 0 Å². The Kier molecular flexibility index (Phi) is 6.71. The molecule has 1 amide bonds. The molecule has 0 unspecified atom stereocenters. The summed E-state index contributed by atoms with van der Waals surface area (Å²) in [5.74, 6) is 5.25. The first-order valence-corrected chi connectivity index (χ1v) is 9.15. The molecule has 0 fully saturated rings. The van der Waals surface area contributed by atoms with Crippen molar-refractivity contribution in [2.45, 2.75) is 19.1 Å². The SMILES string of the molecule is COCC#Cc1cnc2[nH]cc(-c3cncc(N[C@H](C)C(=O)NCC(F)(F)F)n3)c2c1. The first kappa shape index (κ1) is 22.0. The number of ether oxygens (including phenoxy) is 1. The molecule has 3 N–H and O–H groups in total. The van der Waals surface area contributed by atoms with Crippen molar-refractivity contribution in [2.24, 2.45) is 0 Å². The largest absolute Gasteiger partial charge is 0.405 e. The number of nitrogens with zero attached hydrogens (tertiary/aromatic N) is 3. The average molecular weight is 432 g/mol. The molecule has 0 spiro atoms. The van der Waals surface area contributed by atoms with Crippen LogP contribution in [0, 0.1) is 11.8 Å². The molecule has 0 radical (unpaired) electrons. The highest BCUT2D eigenvalue weighted by Gasteiger charge is 2.28. The number of H-pyrrole nitrogens is 1. The molecule has 162 valence electrons. The second-order valence-electron chi connectivity index (χ2n) is 6.55. The van der Waals surface area contributed by atoms with E-state index in [2.05, 4.69) is 37.1 Å². The van der Waals surface area contributed by atoms with Gasteiger partial charge in [-0.2, -0.15) is 13.2 Å². The average Bonchev–Trinajstić information content (AvgIpc) is 3.15. The minimum absolute atomic E-state index is 0.241. The van der Waals surface area contributed by atoms with Gasteiger partial charge in [-0.05, 0) is 13.0 Å². The molecule has 3 aromatic heterocycles. The van der Waals surface area contributed by atoms with Crippen molar-refractivity contribution < 1.29 is 22.7 Å². The smallest absolute Gasteiger partial charge is 0.372 e. The Bertz CT molecular complexity index is 1130. The fraction of sp³-hybridized carbons (Fsp3) is 0.300. The molecular formula is C20H19F3N6O2. The molecule has 11 heteroatoms. The number of aromatic nitrogens is 4. The fourth-order valence-corrected chi connectivity index (χ4v) is 2.69. The predicted molar refractivity (Wildman–Crippen MR) is 108 cm³/mol. The number of anilines is 1. The second kappa shape index (κ2) is 9.44. The maximum atomic E-state index is 12.3. The van der Waals surface area contributed by atoms with Gasteiger partial charge in [0.05, 0.1) is 18.1 Å². The Morgan fingerprint density at radius 1 is 1.32 bits per heavy atom. The highest BCUT2D eigenvalue weighted by atomic mass is 19.4. The summed E-state index contributed by atoms with van der Waals surface area (Å²) in [6.07, 6.45) is 1.79. The number of rotatable bonds is 6. The van der Waals surface area contributed by atoms with E-state index >= 15 is 0 Å². The van der Waals surface area contributed by atoms with Crippen molar-refractivity contribution in [2.75, 3.05) is 25.6 Å². The van der Waals surface area contributed by atoms with E-state index in [0.717, 1.165) is 5.39 Å². The number of pyridine rings is 1. The van der Waals surface area contributed by atoms with Crippen LogP contribution in [0.15, 0.2) is 30.9 Å². The third-order valence-corrected chi connectivity index (χ3v) is 4.11. The number of amides is 1. The quantitative estimate of drug-likeness (QED) is 0.517. The third-order valence-electron chi connectivity index (χ3n) is 4.11. The van der Waals surface area contributed by atoms with E-state index in [1.165, 1.54) is 19.3 Å². The van der Waals surface area contributed by atoms with Crippen molar-refractivity contribution in [1.29, 1.82) is 0 Å². The zero-order chi connectivity index (χ0) is 22.4. The lowest BCUT2D eigenvalue weighted by Gasteiger charge is -2.15. The van der Waals surface area contributed by atoms with Crippen LogP contribution >= 0.6 is 0 Å². The topological polar surface area (TPSA) is 105 Å². The molecule has 0 aliphatic carbocycles. The molecule has 3 aromatic rings. The molecule has 0 aliphatic heterocycles. The number of carbonyl (C=O) groups excluding carboxylic acids is 1. The molecule has 3 heterocycles. The Balaban J connectivity index is 1.80. The number of carbonyl (C=O) groups is 1. The Hall–Kier alpha value is -3.65. The number of halogens is 3. The standard InChI is InChI=1S/C20H19F3N6O2/c1-12(19(30)27-11-20(21,22)23)28-17-10-24-9-16(29-17)15-8-26-18-14(15)6-13(7-25-18)4-3-5-31-2/h6-10,12H,5,11H2,1-2H3,(H,25,26)(H,27,30)(H,28,29)/t12-/m1/s1. The van der Waals surface area contributed by atoms with E-state index in [4.69, 9.17) is 4.74 Å². The summed E-state index contributed by atoms with van der Waals surface area (Å²) >= 11 is 0. The normalized spacial score (nSPS) is 12.2. The van der Waals surface area contributed by atoms with Gasteiger partial charge in [-0.1, -0.05) is 11.8 Å². The van der Waals surface area contributed by atoms with E-state index < -0.39 is 24.7 Å². The first-order chi connectivity index (χ1) is 14.8. The van der Waals surface area contributed by atoms with Gasteiger partial charge in [-0.25, -0.2) is 9.97 Å². The van der Waals surface area contributed by atoms with Gasteiger partial charge in [0.2, 0.25) is 5.91 Å². The highest BCUT2D eigenvalue weighted by Crippen LogP contribution is 2.27. The van der Waals surface area contributed by atoms with Crippen LogP contribution < -0.4 is 10.6 Å². The van der Waals surface area contributed by atoms with Gasteiger partial charge in [0.15, 0.2) is 0 Å². The van der Waals surface area contributed by atoms with E-state index in [9.17, 15) is 18.0 Å². The first-order valence-electron chi connectivity index (χ1n) is 9.15. The molecule has 0 aromatic carbocycles. The molecule has 3 rings (SSSR count). The minimum atomic E-state index is -4.48. The fourth-order valence-electron chi connectivity index (χ4n) is 2.69. The van der Waals surface area contributed by atoms with Crippen molar-refractivity contribution >= 4 is 22.8 Å². The number of hydrogen-bond donors (Lipinski definition) is 3. The second-order valence-corrected chi connectivity index (χ2v) is 6.55. The monoisotopic (exact) mass is 432 g/mol. The molecule has 8 nitrogen and oxygen atoms in total. The van der Waals surface area contributed by atoms with Gasteiger partial charge >= 0.3 is 6.18 Å². The summed E-state index contributed by atoms with van der Waals surface area (Å²) in [6.45, 7) is 0.327. The Morgan fingerprint density at radius 3 is 2.87 bits per heavy atom. The maximum Gasteiger partial charge on any atom is 0.405 e. The van der Waals surface area contributed by atoms with Crippen LogP contribution in [0.4, 0.5) is 19.0 Å². The Labute approximate surface area is 175 Å². The lowest BCUT2D eigenvalue weighted by molar-refractivity contribution is -0.138. The Morgan fingerprint density at radius 2 is 2.13 bits per heavy atom. The zero-order valence-electron chi connectivity index (χ0n) is 16.7. The summed E-state index contributed by atoms with van der Waals surface area (Å²) in [6, 6.07) is 0.908.